The zero-order valence-electron chi connectivity index (χ0n) is 16.8. The highest BCUT2D eigenvalue weighted by Crippen LogP contribution is 2.18. The fraction of sp³-hybridized carbons (Fsp3) is 0.318. The first-order chi connectivity index (χ1) is 13.8. The Balaban J connectivity index is 1.94. The third-order valence-corrected chi connectivity index (χ3v) is 4.58. The standard InChI is InChI=1S/C22H27N3O4/c1-14(2)19(25-22(29)23-13-16-7-5-4-6-8-16)20(26)24-18-11-9-17(10-12-18)15(3)21(27)28/h4-12,14-15,19H,13H2,1-3H3,(H,24,26)(H,27,28)(H2,23,25,29). The second-order valence-corrected chi connectivity index (χ2v) is 7.21. The lowest BCUT2D eigenvalue weighted by Crippen LogP contribution is -2.50. The van der Waals surface area contributed by atoms with Gasteiger partial charge in [0.1, 0.15) is 6.04 Å². The summed E-state index contributed by atoms with van der Waals surface area (Å²) in [5.74, 6) is -2.00. The lowest BCUT2D eigenvalue weighted by molar-refractivity contribution is -0.138. The predicted octanol–water partition coefficient (Wildman–Crippen LogP) is 3.34. The molecule has 2 rings (SSSR count). The smallest absolute Gasteiger partial charge is 0.315 e. The van der Waals surface area contributed by atoms with Crippen molar-refractivity contribution < 1.29 is 19.5 Å². The van der Waals surface area contributed by atoms with Crippen LogP contribution in [0.1, 0.15) is 37.8 Å². The van der Waals surface area contributed by atoms with Crippen molar-refractivity contribution in [2.75, 3.05) is 5.32 Å². The molecular weight excluding hydrogens is 370 g/mol. The Morgan fingerprint density at radius 3 is 2.10 bits per heavy atom. The van der Waals surface area contributed by atoms with Crippen LogP contribution < -0.4 is 16.0 Å². The summed E-state index contributed by atoms with van der Waals surface area (Å²) in [4.78, 5) is 35.9. The van der Waals surface area contributed by atoms with Crippen LogP contribution in [-0.2, 0) is 16.1 Å². The number of carbonyl (C=O) groups is 3. The van der Waals surface area contributed by atoms with Gasteiger partial charge < -0.3 is 21.1 Å². The van der Waals surface area contributed by atoms with Gasteiger partial charge in [0, 0.05) is 12.2 Å². The SMILES string of the molecule is CC(C(=O)O)c1ccc(NC(=O)C(NC(=O)NCc2ccccc2)C(C)C)cc1. The fourth-order valence-electron chi connectivity index (χ4n) is 2.72. The molecule has 29 heavy (non-hydrogen) atoms. The second-order valence-electron chi connectivity index (χ2n) is 7.21. The second kappa shape index (κ2) is 10.3. The molecule has 0 saturated carbocycles. The summed E-state index contributed by atoms with van der Waals surface area (Å²) in [5, 5.41) is 17.3. The summed E-state index contributed by atoms with van der Waals surface area (Å²) in [6.45, 7) is 5.66. The van der Waals surface area contributed by atoms with Crippen LogP contribution in [0.3, 0.4) is 0 Å². The normalized spacial score (nSPS) is 12.7. The van der Waals surface area contributed by atoms with Gasteiger partial charge in [0.2, 0.25) is 5.91 Å². The Kier molecular flexibility index (Phi) is 7.77. The molecule has 0 aromatic heterocycles. The molecule has 7 nitrogen and oxygen atoms in total. The highest BCUT2D eigenvalue weighted by molar-refractivity contribution is 5.97. The van der Waals surface area contributed by atoms with Crippen molar-refractivity contribution in [1.29, 1.82) is 0 Å². The molecule has 154 valence electrons. The van der Waals surface area contributed by atoms with Gasteiger partial charge in [0.05, 0.1) is 5.92 Å². The van der Waals surface area contributed by atoms with E-state index in [9.17, 15) is 14.4 Å². The average molecular weight is 397 g/mol. The number of carboxylic acid groups (broad SMARTS) is 1. The van der Waals surface area contributed by atoms with Crippen molar-refractivity contribution in [3.63, 3.8) is 0 Å². The average Bonchev–Trinajstić information content (AvgIpc) is 2.70. The van der Waals surface area contributed by atoms with Crippen LogP contribution in [0.25, 0.3) is 0 Å². The van der Waals surface area contributed by atoms with Crippen molar-refractivity contribution in [3.8, 4) is 0 Å². The summed E-state index contributed by atoms with van der Waals surface area (Å²) in [5.41, 5.74) is 2.15. The summed E-state index contributed by atoms with van der Waals surface area (Å²) in [7, 11) is 0. The number of carbonyl (C=O) groups excluding carboxylic acids is 2. The lowest BCUT2D eigenvalue weighted by atomic mass is 10.0. The molecule has 0 saturated heterocycles. The molecule has 2 unspecified atom stereocenters. The third-order valence-electron chi connectivity index (χ3n) is 4.58. The van der Waals surface area contributed by atoms with E-state index >= 15 is 0 Å². The molecule has 2 aromatic rings. The summed E-state index contributed by atoms with van der Waals surface area (Å²) >= 11 is 0. The van der Waals surface area contributed by atoms with Crippen molar-refractivity contribution in [3.05, 3.63) is 65.7 Å². The number of carboxylic acids is 1. The van der Waals surface area contributed by atoms with Crippen LogP contribution in [0, 0.1) is 5.92 Å². The van der Waals surface area contributed by atoms with E-state index in [1.54, 1.807) is 31.2 Å². The molecule has 3 amide bonds. The molecule has 0 heterocycles. The molecule has 0 aliphatic heterocycles. The molecule has 2 atom stereocenters. The Morgan fingerprint density at radius 2 is 1.55 bits per heavy atom. The molecule has 0 radical (unpaired) electrons. The Morgan fingerprint density at radius 1 is 0.931 bits per heavy atom. The van der Waals surface area contributed by atoms with Crippen LogP contribution in [0.2, 0.25) is 0 Å². The van der Waals surface area contributed by atoms with E-state index in [1.165, 1.54) is 0 Å². The van der Waals surface area contributed by atoms with Gasteiger partial charge in [0.15, 0.2) is 0 Å². The first kappa shape index (κ1) is 21.9. The van der Waals surface area contributed by atoms with Crippen molar-refractivity contribution >= 4 is 23.6 Å². The van der Waals surface area contributed by atoms with E-state index in [0.717, 1.165) is 5.56 Å². The highest BCUT2D eigenvalue weighted by atomic mass is 16.4. The van der Waals surface area contributed by atoms with Gasteiger partial charge in [-0.1, -0.05) is 56.3 Å². The molecule has 7 heteroatoms. The molecule has 4 N–H and O–H groups in total. The number of nitrogens with one attached hydrogen (secondary N) is 3. The summed E-state index contributed by atoms with van der Waals surface area (Å²) in [6, 6.07) is 15.0. The number of hydrogen-bond acceptors (Lipinski definition) is 3. The minimum atomic E-state index is -0.910. The topological polar surface area (TPSA) is 108 Å². The zero-order valence-corrected chi connectivity index (χ0v) is 16.8. The lowest BCUT2D eigenvalue weighted by Gasteiger charge is -2.22. The van der Waals surface area contributed by atoms with E-state index in [1.807, 2.05) is 44.2 Å². The molecule has 0 aliphatic rings. The molecular formula is C22H27N3O4. The molecule has 0 aliphatic carbocycles. The van der Waals surface area contributed by atoms with Crippen molar-refractivity contribution in [1.82, 2.24) is 10.6 Å². The van der Waals surface area contributed by atoms with Crippen LogP contribution >= 0.6 is 0 Å². The van der Waals surface area contributed by atoms with E-state index in [0.29, 0.717) is 17.8 Å². The number of benzene rings is 2. The van der Waals surface area contributed by atoms with E-state index in [-0.39, 0.29) is 11.8 Å². The van der Waals surface area contributed by atoms with Crippen LogP contribution in [-0.4, -0.2) is 29.1 Å². The van der Waals surface area contributed by atoms with Gasteiger partial charge in [-0.2, -0.15) is 0 Å². The first-order valence-corrected chi connectivity index (χ1v) is 9.50. The molecule has 0 bridgehead atoms. The van der Waals surface area contributed by atoms with E-state index in [2.05, 4.69) is 16.0 Å². The zero-order chi connectivity index (χ0) is 21.4. The minimum Gasteiger partial charge on any atom is -0.481 e. The van der Waals surface area contributed by atoms with E-state index in [4.69, 9.17) is 5.11 Å². The number of amides is 3. The molecule has 0 fully saturated rings. The highest BCUT2D eigenvalue weighted by Gasteiger charge is 2.24. The van der Waals surface area contributed by atoms with Gasteiger partial charge in [-0.25, -0.2) is 4.79 Å². The minimum absolute atomic E-state index is 0.121. The summed E-state index contributed by atoms with van der Waals surface area (Å²) < 4.78 is 0. The quantitative estimate of drug-likeness (QED) is 0.548. The number of hydrogen-bond donors (Lipinski definition) is 4. The van der Waals surface area contributed by atoms with Crippen LogP contribution in [0.15, 0.2) is 54.6 Å². The van der Waals surface area contributed by atoms with Crippen molar-refractivity contribution in [2.24, 2.45) is 5.92 Å². The maximum absolute atomic E-state index is 12.6. The van der Waals surface area contributed by atoms with E-state index < -0.39 is 24.0 Å². The maximum Gasteiger partial charge on any atom is 0.315 e. The molecule has 0 spiro atoms. The van der Waals surface area contributed by atoms with Gasteiger partial charge in [0.25, 0.3) is 0 Å². The Bertz CT molecular complexity index is 835. The number of urea groups is 1. The molecule has 2 aromatic carbocycles. The fourth-order valence-corrected chi connectivity index (χ4v) is 2.72. The van der Waals surface area contributed by atoms with Crippen molar-refractivity contribution in [2.45, 2.75) is 39.3 Å². The number of anilines is 1. The Labute approximate surface area is 170 Å². The van der Waals surface area contributed by atoms with Gasteiger partial charge in [-0.3, -0.25) is 9.59 Å². The van der Waals surface area contributed by atoms with Crippen LogP contribution in [0.5, 0.6) is 0 Å². The number of rotatable bonds is 8. The first-order valence-electron chi connectivity index (χ1n) is 9.50. The summed E-state index contributed by atoms with van der Waals surface area (Å²) in [6.07, 6.45) is 0. The van der Waals surface area contributed by atoms with Gasteiger partial charge >= 0.3 is 12.0 Å². The predicted molar refractivity (Wildman–Crippen MR) is 112 cm³/mol. The van der Waals surface area contributed by atoms with Gasteiger partial charge in [-0.15, -0.1) is 0 Å². The largest absolute Gasteiger partial charge is 0.481 e. The maximum atomic E-state index is 12.6. The number of aliphatic carboxylic acids is 1. The van der Waals surface area contributed by atoms with Gasteiger partial charge in [-0.05, 0) is 36.1 Å². The monoisotopic (exact) mass is 397 g/mol. The third kappa shape index (κ3) is 6.64. The Hall–Kier alpha value is -3.35. The van der Waals surface area contributed by atoms with Crippen LogP contribution in [0.4, 0.5) is 10.5 Å².